The van der Waals surface area contributed by atoms with Gasteiger partial charge in [-0.25, -0.2) is 10.9 Å². The summed E-state index contributed by atoms with van der Waals surface area (Å²) in [6, 6.07) is 22.7. The summed E-state index contributed by atoms with van der Waals surface area (Å²) in [5.74, 6) is -1.53. The number of halogens is 5. The van der Waals surface area contributed by atoms with Crippen LogP contribution in [-0.2, 0) is 17.1 Å². The second-order valence-electron chi connectivity index (χ2n) is 7.74. The monoisotopic (exact) mass is 705 g/mol. The quantitative estimate of drug-likeness (QED) is 0.182. The van der Waals surface area contributed by atoms with Gasteiger partial charge in [0, 0.05) is 31.2 Å². The van der Waals surface area contributed by atoms with Crippen molar-refractivity contribution < 1.29 is 49.3 Å². The van der Waals surface area contributed by atoms with E-state index in [0.717, 1.165) is 0 Å². The van der Waals surface area contributed by atoms with E-state index in [0.29, 0.717) is 21.2 Å². The Bertz CT molecular complexity index is 1440. The van der Waals surface area contributed by atoms with Crippen LogP contribution in [0.25, 0.3) is 0 Å². The number of hydrogen-bond acceptors (Lipinski definition) is 6. The molecule has 0 aromatic heterocycles. The average molecular weight is 708 g/mol. The summed E-state index contributed by atoms with van der Waals surface area (Å²) in [5, 5.41) is 31.4. The number of benzene rings is 4. The molecule has 0 aliphatic carbocycles. The zero-order valence-corrected chi connectivity index (χ0v) is 25.9. The van der Waals surface area contributed by atoms with E-state index in [1.165, 1.54) is 36.7 Å². The van der Waals surface area contributed by atoms with Crippen LogP contribution in [-0.4, -0.2) is 24.2 Å². The van der Waals surface area contributed by atoms with Gasteiger partial charge in [0.25, 0.3) is 11.8 Å². The summed E-state index contributed by atoms with van der Waals surface area (Å²) in [6.07, 6.45) is 2.42. The van der Waals surface area contributed by atoms with Gasteiger partial charge in [-0.3, -0.25) is 9.59 Å². The summed E-state index contributed by atoms with van der Waals surface area (Å²) < 4.78 is 0. The SMILES string of the molecule is O=C(N/N=C/c1cc(Cl)cc(Cl)c1[O-])c1ccccc1.O=C(N/N=C\c1cc(Cl)cc(Cl)c1[O-])c1ccccc1.[Cl-].[Fe+3]. The van der Waals surface area contributed by atoms with Crippen molar-refractivity contribution in [2.45, 2.75) is 0 Å². The van der Waals surface area contributed by atoms with Crippen molar-refractivity contribution in [3.05, 3.63) is 127 Å². The second-order valence-corrected chi connectivity index (χ2v) is 9.43. The molecule has 0 fully saturated rings. The van der Waals surface area contributed by atoms with Gasteiger partial charge in [0.1, 0.15) is 0 Å². The van der Waals surface area contributed by atoms with E-state index < -0.39 is 11.5 Å². The van der Waals surface area contributed by atoms with Gasteiger partial charge < -0.3 is 22.6 Å². The number of hydrazone groups is 2. The topological polar surface area (TPSA) is 129 Å². The van der Waals surface area contributed by atoms with E-state index in [1.54, 1.807) is 60.7 Å². The van der Waals surface area contributed by atoms with E-state index in [-0.39, 0.29) is 62.5 Å². The third kappa shape index (κ3) is 11.2. The summed E-state index contributed by atoms with van der Waals surface area (Å²) in [7, 11) is 0. The Labute approximate surface area is 278 Å². The molecular formula is C28H18Cl5FeN4O4. The molecule has 0 aliphatic rings. The van der Waals surface area contributed by atoms with Crippen LogP contribution in [0.1, 0.15) is 31.8 Å². The molecular weight excluding hydrogens is 689 g/mol. The zero-order valence-electron chi connectivity index (χ0n) is 21.0. The zero-order chi connectivity index (χ0) is 29.1. The molecule has 0 aliphatic heterocycles. The molecule has 0 bridgehead atoms. The molecule has 4 aromatic carbocycles. The summed E-state index contributed by atoms with van der Waals surface area (Å²) in [5.41, 5.74) is 5.98. The van der Waals surface area contributed by atoms with Crippen molar-refractivity contribution in [3.8, 4) is 11.5 Å². The molecule has 2 N–H and O–H groups in total. The molecule has 0 saturated carbocycles. The van der Waals surface area contributed by atoms with Gasteiger partial charge in [-0.05, 0) is 59.7 Å². The van der Waals surface area contributed by atoms with Crippen LogP contribution in [0.3, 0.4) is 0 Å². The minimum absolute atomic E-state index is 0. The predicted molar refractivity (Wildman–Crippen MR) is 155 cm³/mol. The fourth-order valence-corrected chi connectivity index (χ4v) is 4.00. The molecule has 2 amide bonds. The van der Waals surface area contributed by atoms with Gasteiger partial charge in [0.2, 0.25) is 0 Å². The summed E-state index contributed by atoms with van der Waals surface area (Å²) >= 11 is 23.0. The Balaban J connectivity index is 0.000000401. The van der Waals surface area contributed by atoms with Crippen molar-refractivity contribution in [1.82, 2.24) is 10.9 Å². The molecule has 0 spiro atoms. The van der Waals surface area contributed by atoms with Gasteiger partial charge >= 0.3 is 17.1 Å². The van der Waals surface area contributed by atoms with Gasteiger partial charge in [-0.1, -0.05) is 94.3 Å². The number of carbonyl (C=O) groups is 2. The Morgan fingerprint density at radius 3 is 1.29 bits per heavy atom. The van der Waals surface area contributed by atoms with Crippen LogP contribution in [0.4, 0.5) is 0 Å². The molecule has 4 aromatic rings. The van der Waals surface area contributed by atoms with E-state index in [1.807, 2.05) is 0 Å². The fraction of sp³-hybridized carbons (Fsp3) is 0. The van der Waals surface area contributed by atoms with Gasteiger partial charge in [-0.15, -0.1) is 0 Å². The third-order valence-corrected chi connectivity index (χ3v) is 5.88. The van der Waals surface area contributed by atoms with Gasteiger partial charge in [-0.2, -0.15) is 10.2 Å². The fourth-order valence-electron chi connectivity index (χ4n) is 2.98. The van der Waals surface area contributed by atoms with E-state index in [4.69, 9.17) is 46.4 Å². The summed E-state index contributed by atoms with van der Waals surface area (Å²) in [6.45, 7) is 0. The molecule has 0 saturated heterocycles. The molecule has 4 rings (SSSR count). The number of rotatable bonds is 6. The standard InChI is InChI=1S/2C14H10Cl2N2O2.ClH.Fe/c2*15-11-6-10(13(19)12(16)7-11)8-17-18-14(20)9-4-2-1-3-5-9;;/h2*1-8,19H,(H,18,20);1H;/q;;;+3/p-3/b17-8+;17-8-;;. The molecule has 1 radical (unpaired) electrons. The molecule has 8 nitrogen and oxygen atoms in total. The smallest absolute Gasteiger partial charge is 1.00 e. The normalized spacial score (nSPS) is 10.2. The van der Waals surface area contributed by atoms with Crippen LogP contribution in [0.2, 0.25) is 20.1 Å². The summed E-state index contributed by atoms with van der Waals surface area (Å²) in [4.78, 5) is 23.4. The minimum Gasteiger partial charge on any atom is -1.00 e. The molecule has 42 heavy (non-hydrogen) atoms. The largest absolute Gasteiger partial charge is 3.00 e. The average Bonchev–Trinajstić information content (AvgIpc) is 2.95. The molecule has 14 heteroatoms. The van der Waals surface area contributed by atoms with Crippen LogP contribution >= 0.6 is 46.4 Å². The second kappa shape index (κ2) is 18.3. The van der Waals surface area contributed by atoms with Gasteiger partial charge in [0.05, 0.1) is 12.4 Å². The first-order valence-corrected chi connectivity index (χ1v) is 12.8. The van der Waals surface area contributed by atoms with Gasteiger partial charge in [0.15, 0.2) is 0 Å². The first-order chi connectivity index (χ1) is 19.2. The van der Waals surface area contributed by atoms with Crippen LogP contribution < -0.4 is 33.5 Å². The van der Waals surface area contributed by atoms with Crippen LogP contribution in [0.5, 0.6) is 11.5 Å². The van der Waals surface area contributed by atoms with Crippen LogP contribution in [0.15, 0.2) is 95.1 Å². The number of hydrogen-bond donors (Lipinski definition) is 2. The maximum absolute atomic E-state index is 11.7. The van der Waals surface area contributed by atoms with Crippen molar-refractivity contribution in [2.75, 3.05) is 0 Å². The van der Waals surface area contributed by atoms with Crippen molar-refractivity contribution in [1.29, 1.82) is 0 Å². The van der Waals surface area contributed by atoms with E-state index in [2.05, 4.69) is 21.1 Å². The van der Waals surface area contributed by atoms with E-state index in [9.17, 15) is 19.8 Å². The van der Waals surface area contributed by atoms with Crippen molar-refractivity contribution >= 4 is 70.6 Å². The molecule has 0 unspecified atom stereocenters. The Morgan fingerprint density at radius 2 is 0.952 bits per heavy atom. The first-order valence-electron chi connectivity index (χ1n) is 11.2. The Kier molecular flexibility index (Phi) is 16.0. The molecule has 217 valence electrons. The van der Waals surface area contributed by atoms with Crippen molar-refractivity contribution in [3.63, 3.8) is 0 Å². The molecule has 0 atom stereocenters. The van der Waals surface area contributed by atoms with Crippen molar-refractivity contribution in [2.24, 2.45) is 10.2 Å². The molecule has 0 heterocycles. The predicted octanol–water partition coefficient (Wildman–Crippen LogP) is 2.66. The number of nitrogens with zero attached hydrogens (tertiary/aromatic N) is 2. The maximum atomic E-state index is 11.7. The Hall–Kier alpha value is -3.27. The number of carbonyl (C=O) groups excluding carboxylic acids is 2. The number of nitrogens with one attached hydrogen (secondary N) is 2. The maximum Gasteiger partial charge on any atom is 3.00 e. The first kappa shape index (κ1) is 36.8. The number of amides is 2. The van der Waals surface area contributed by atoms with E-state index >= 15 is 0 Å². The van der Waals surface area contributed by atoms with Crippen LogP contribution in [0, 0.1) is 0 Å². The Morgan fingerprint density at radius 1 is 0.619 bits per heavy atom. The third-order valence-electron chi connectivity index (χ3n) is 4.89. The minimum atomic E-state index is -0.395.